The van der Waals surface area contributed by atoms with E-state index in [4.69, 9.17) is 0 Å². The molecular formula is C18H20N2O. The molecule has 0 saturated carbocycles. The third-order valence-corrected chi connectivity index (χ3v) is 3.91. The minimum atomic E-state index is 0.118. The van der Waals surface area contributed by atoms with Crippen molar-refractivity contribution in [3.8, 4) is 0 Å². The topological polar surface area (TPSA) is 41.1 Å². The molecule has 1 aliphatic rings. The van der Waals surface area contributed by atoms with Crippen LogP contribution >= 0.6 is 0 Å². The number of anilines is 2. The Morgan fingerprint density at radius 2 is 1.90 bits per heavy atom. The summed E-state index contributed by atoms with van der Waals surface area (Å²) >= 11 is 0. The van der Waals surface area contributed by atoms with Crippen LogP contribution in [0.3, 0.4) is 0 Å². The van der Waals surface area contributed by atoms with E-state index in [2.05, 4.69) is 47.9 Å². The first-order chi connectivity index (χ1) is 10.2. The van der Waals surface area contributed by atoms with Gasteiger partial charge in [0.15, 0.2) is 0 Å². The predicted molar refractivity (Wildman–Crippen MR) is 86.5 cm³/mol. The fraction of sp³-hybridized carbons (Fsp3) is 0.278. The van der Waals surface area contributed by atoms with Crippen LogP contribution in [0.2, 0.25) is 0 Å². The molecule has 0 radical (unpaired) electrons. The molecule has 1 amide bonds. The maximum absolute atomic E-state index is 11.6. The lowest BCUT2D eigenvalue weighted by Gasteiger charge is -2.17. The summed E-state index contributed by atoms with van der Waals surface area (Å²) in [6.07, 6.45) is 2.47. The van der Waals surface area contributed by atoms with Gasteiger partial charge in [0.1, 0.15) is 0 Å². The van der Waals surface area contributed by atoms with Gasteiger partial charge in [-0.2, -0.15) is 0 Å². The molecule has 3 nitrogen and oxygen atoms in total. The third kappa shape index (κ3) is 3.24. The van der Waals surface area contributed by atoms with E-state index in [1.54, 1.807) is 0 Å². The largest absolute Gasteiger partial charge is 0.379 e. The molecule has 0 fully saturated rings. The number of fused-ring (bicyclic) bond motifs is 1. The molecule has 0 unspecified atom stereocenters. The maximum Gasteiger partial charge on any atom is 0.224 e. The van der Waals surface area contributed by atoms with Crippen LogP contribution in [0.1, 0.15) is 36.9 Å². The van der Waals surface area contributed by atoms with Crippen molar-refractivity contribution in [2.24, 2.45) is 0 Å². The van der Waals surface area contributed by atoms with Crippen LogP contribution in [-0.4, -0.2) is 5.91 Å². The molecule has 2 aromatic rings. The molecule has 108 valence electrons. The van der Waals surface area contributed by atoms with Crippen molar-refractivity contribution in [2.75, 3.05) is 10.6 Å². The average molecular weight is 280 g/mol. The van der Waals surface area contributed by atoms with Gasteiger partial charge < -0.3 is 10.6 Å². The molecule has 0 saturated heterocycles. The highest BCUT2D eigenvalue weighted by molar-refractivity contribution is 5.92. The van der Waals surface area contributed by atoms with Gasteiger partial charge in [-0.1, -0.05) is 30.3 Å². The van der Waals surface area contributed by atoms with Gasteiger partial charge in [0, 0.05) is 23.8 Å². The first kappa shape index (κ1) is 13.7. The summed E-state index contributed by atoms with van der Waals surface area (Å²) < 4.78 is 0. The van der Waals surface area contributed by atoms with E-state index < -0.39 is 0 Å². The standard InChI is InChI=1S/C18H20N2O/c1-13(14-6-3-2-4-7-14)19-16-10-11-17-15(12-16)8-5-9-18(21)20-17/h2-4,6-7,10-13,19H,5,8-9H2,1H3,(H,20,21)/t13-/m0/s1. The second kappa shape index (κ2) is 6.00. The molecule has 3 heteroatoms. The monoisotopic (exact) mass is 280 g/mol. The lowest BCUT2D eigenvalue weighted by molar-refractivity contribution is -0.116. The van der Waals surface area contributed by atoms with Gasteiger partial charge in [0.05, 0.1) is 0 Å². The first-order valence-electron chi connectivity index (χ1n) is 7.46. The Kier molecular flexibility index (Phi) is 3.91. The highest BCUT2D eigenvalue weighted by Gasteiger charge is 2.13. The van der Waals surface area contributed by atoms with Crippen molar-refractivity contribution in [1.82, 2.24) is 0 Å². The zero-order chi connectivity index (χ0) is 14.7. The molecule has 0 aliphatic carbocycles. The highest BCUT2D eigenvalue weighted by Crippen LogP contribution is 2.27. The first-order valence-corrected chi connectivity index (χ1v) is 7.46. The molecule has 21 heavy (non-hydrogen) atoms. The van der Waals surface area contributed by atoms with Crippen LogP contribution in [0.5, 0.6) is 0 Å². The molecule has 1 aliphatic heterocycles. The van der Waals surface area contributed by atoms with Gasteiger partial charge in [0.25, 0.3) is 0 Å². The Morgan fingerprint density at radius 1 is 1.10 bits per heavy atom. The second-order valence-corrected chi connectivity index (χ2v) is 5.55. The molecule has 0 spiro atoms. The van der Waals surface area contributed by atoms with Crippen LogP contribution in [0.4, 0.5) is 11.4 Å². The molecule has 0 bridgehead atoms. The SMILES string of the molecule is C[C@H](Nc1ccc2c(c1)CCCC(=O)N2)c1ccccc1. The Bertz CT molecular complexity index is 637. The van der Waals surface area contributed by atoms with E-state index in [-0.39, 0.29) is 11.9 Å². The van der Waals surface area contributed by atoms with Crippen LogP contribution in [-0.2, 0) is 11.2 Å². The van der Waals surface area contributed by atoms with E-state index in [1.165, 1.54) is 11.1 Å². The van der Waals surface area contributed by atoms with Crippen LogP contribution in [0, 0.1) is 0 Å². The van der Waals surface area contributed by atoms with E-state index in [9.17, 15) is 4.79 Å². The van der Waals surface area contributed by atoms with Crippen molar-refractivity contribution >= 4 is 17.3 Å². The van der Waals surface area contributed by atoms with Crippen molar-refractivity contribution in [3.05, 3.63) is 59.7 Å². The van der Waals surface area contributed by atoms with Crippen LogP contribution in [0.15, 0.2) is 48.5 Å². The molecule has 3 rings (SSSR count). The second-order valence-electron chi connectivity index (χ2n) is 5.55. The van der Waals surface area contributed by atoms with E-state index >= 15 is 0 Å². The quantitative estimate of drug-likeness (QED) is 0.887. The number of carbonyl (C=O) groups excluding carboxylic acids is 1. The van der Waals surface area contributed by atoms with Gasteiger partial charge in [-0.05, 0) is 49.1 Å². The number of amides is 1. The fourth-order valence-electron chi connectivity index (χ4n) is 2.74. The lowest BCUT2D eigenvalue weighted by Crippen LogP contribution is -2.10. The smallest absolute Gasteiger partial charge is 0.224 e. The summed E-state index contributed by atoms with van der Waals surface area (Å²) in [6, 6.07) is 16.8. The Morgan fingerprint density at radius 3 is 2.71 bits per heavy atom. The number of benzene rings is 2. The highest BCUT2D eigenvalue weighted by atomic mass is 16.1. The Hall–Kier alpha value is -2.29. The van der Waals surface area contributed by atoms with Gasteiger partial charge in [-0.25, -0.2) is 0 Å². The number of hydrogen-bond acceptors (Lipinski definition) is 2. The van der Waals surface area contributed by atoms with Crippen LogP contribution < -0.4 is 10.6 Å². The molecule has 2 N–H and O–H groups in total. The lowest BCUT2D eigenvalue weighted by atomic mass is 10.1. The normalized spacial score (nSPS) is 15.6. The maximum atomic E-state index is 11.6. The van der Waals surface area contributed by atoms with E-state index in [0.717, 1.165) is 24.2 Å². The minimum Gasteiger partial charge on any atom is -0.379 e. The van der Waals surface area contributed by atoms with Crippen LogP contribution in [0.25, 0.3) is 0 Å². The summed E-state index contributed by atoms with van der Waals surface area (Å²) in [7, 11) is 0. The van der Waals surface area contributed by atoms with Crippen molar-refractivity contribution in [2.45, 2.75) is 32.2 Å². The number of carbonyl (C=O) groups is 1. The summed E-state index contributed by atoms with van der Waals surface area (Å²) in [4.78, 5) is 11.6. The number of nitrogens with one attached hydrogen (secondary N) is 2. The molecule has 0 aromatic heterocycles. The predicted octanol–water partition coefficient (Wildman–Crippen LogP) is 4.13. The van der Waals surface area contributed by atoms with Crippen molar-refractivity contribution in [3.63, 3.8) is 0 Å². The summed E-state index contributed by atoms with van der Waals surface area (Å²) in [6.45, 7) is 2.16. The zero-order valence-corrected chi connectivity index (χ0v) is 12.2. The van der Waals surface area contributed by atoms with Gasteiger partial charge in [-0.3, -0.25) is 4.79 Å². The Balaban J connectivity index is 1.78. The zero-order valence-electron chi connectivity index (χ0n) is 12.2. The van der Waals surface area contributed by atoms with Gasteiger partial charge >= 0.3 is 0 Å². The fourth-order valence-corrected chi connectivity index (χ4v) is 2.74. The van der Waals surface area contributed by atoms with Gasteiger partial charge in [-0.15, -0.1) is 0 Å². The Labute approximate surface area is 125 Å². The van der Waals surface area contributed by atoms with E-state index in [1.807, 2.05) is 18.2 Å². The number of hydrogen-bond donors (Lipinski definition) is 2. The third-order valence-electron chi connectivity index (χ3n) is 3.91. The summed E-state index contributed by atoms with van der Waals surface area (Å²) in [5.41, 5.74) is 4.53. The molecule has 1 atom stereocenters. The number of aryl methyl sites for hydroxylation is 1. The van der Waals surface area contributed by atoms with Crippen molar-refractivity contribution in [1.29, 1.82) is 0 Å². The van der Waals surface area contributed by atoms with E-state index in [0.29, 0.717) is 6.42 Å². The minimum absolute atomic E-state index is 0.118. The van der Waals surface area contributed by atoms with Gasteiger partial charge in [0.2, 0.25) is 5.91 Å². The number of rotatable bonds is 3. The molecule has 1 heterocycles. The molecular weight excluding hydrogens is 260 g/mol. The summed E-state index contributed by atoms with van der Waals surface area (Å²) in [5, 5.41) is 6.50. The molecule has 2 aromatic carbocycles. The summed E-state index contributed by atoms with van der Waals surface area (Å²) in [5.74, 6) is 0.118. The van der Waals surface area contributed by atoms with Crippen molar-refractivity contribution < 1.29 is 4.79 Å². The average Bonchev–Trinajstić information content (AvgIpc) is 2.68.